The van der Waals surface area contributed by atoms with Crippen LogP contribution in [0.25, 0.3) is 5.69 Å². The summed E-state index contributed by atoms with van der Waals surface area (Å²) in [6.07, 6.45) is 3.45. The van der Waals surface area contributed by atoms with Crippen LogP contribution in [0.15, 0.2) is 54.9 Å². The Morgan fingerprint density at radius 2 is 1.90 bits per heavy atom. The van der Waals surface area contributed by atoms with Gasteiger partial charge in [0.15, 0.2) is 0 Å². The molecular formula is C22H23FN4O2. The topological polar surface area (TPSA) is 76.0 Å². The van der Waals surface area contributed by atoms with E-state index in [0.29, 0.717) is 22.6 Å². The molecular weight excluding hydrogens is 371 g/mol. The lowest BCUT2D eigenvalue weighted by Crippen LogP contribution is -2.30. The van der Waals surface area contributed by atoms with Crippen molar-refractivity contribution in [2.24, 2.45) is 0 Å². The highest BCUT2D eigenvalue weighted by molar-refractivity contribution is 5.95. The maximum atomic E-state index is 14.4. The quantitative estimate of drug-likeness (QED) is 0.647. The SMILES string of the molecule is Cc1ccccc1C(=O)NCCC(=O)NCc1ccc(-n2ccnc2C)c(F)c1. The number of hydrogen-bond donors (Lipinski definition) is 2. The fourth-order valence-electron chi connectivity index (χ4n) is 2.99. The van der Waals surface area contributed by atoms with Crippen molar-refractivity contribution in [1.82, 2.24) is 20.2 Å². The molecule has 0 spiro atoms. The Balaban J connectivity index is 1.47. The summed E-state index contributed by atoms with van der Waals surface area (Å²) in [5.74, 6) is -0.116. The van der Waals surface area contributed by atoms with Crippen molar-refractivity contribution in [3.05, 3.63) is 83.2 Å². The number of nitrogens with one attached hydrogen (secondary N) is 2. The summed E-state index contributed by atoms with van der Waals surface area (Å²) in [6.45, 7) is 4.10. The van der Waals surface area contributed by atoms with Crippen molar-refractivity contribution in [2.45, 2.75) is 26.8 Å². The second kappa shape index (κ2) is 9.14. The Labute approximate surface area is 168 Å². The molecule has 0 aliphatic rings. The number of nitrogens with zero attached hydrogens (tertiary/aromatic N) is 2. The number of carbonyl (C=O) groups excluding carboxylic acids is 2. The molecule has 0 atom stereocenters. The van der Waals surface area contributed by atoms with Gasteiger partial charge in [0.05, 0.1) is 5.69 Å². The van der Waals surface area contributed by atoms with Crippen molar-refractivity contribution in [1.29, 1.82) is 0 Å². The lowest BCUT2D eigenvalue weighted by Gasteiger charge is -2.10. The van der Waals surface area contributed by atoms with Gasteiger partial charge in [0.25, 0.3) is 5.91 Å². The minimum Gasteiger partial charge on any atom is -0.352 e. The second-order valence-electron chi connectivity index (χ2n) is 6.73. The highest BCUT2D eigenvalue weighted by Gasteiger charge is 2.10. The summed E-state index contributed by atoms with van der Waals surface area (Å²) in [5.41, 5.74) is 2.54. The summed E-state index contributed by atoms with van der Waals surface area (Å²) < 4.78 is 16.1. The molecule has 0 bridgehead atoms. The standard InChI is InChI=1S/C22H23FN4O2/c1-15-5-3-4-6-18(15)22(29)25-10-9-21(28)26-14-17-7-8-20(19(23)13-17)27-12-11-24-16(27)2/h3-8,11-13H,9-10,14H2,1-2H3,(H,25,29)(H,26,28). The molecule has 0 unspecified atom stereocenters. The fourth-order valence-corrected chi connectivity index (χ4v) is 2.99. The average molecular weight is 394 g/mol. The first-order chi connectivity index (χ1) is 14.0. The summed E-state index contributed by atoms with van der Waals surface area (Å²) in [4.78, 5) is 28.2. The van der Waals surface area contributed by atoms with Crippen LogP contribution in [-0.2, 0) is 11.3 Å². The largest absolute Gasteiger partial charge is 0.352 e. The van der Waals surface area contributed by atoms with E-state index in [1.165, 1.54) is 6.07 Å². The number of imidazole rings is 1. The van der Waals surface area contributed by atoms with Crippen LogP contribution < -0.4 is 10.6 Å². The van der Waals surface area contributed by atoms with Crippen molar-refractivity contribution in [2.75, 3.05) is 6.54 Å². The van der Waals surface area contributed by atoms with Crippen molar-refractivity contribution in [3.8, 4) is 5.69 Å². The van der Waals surface area contributed by atoms with E-state index in [4.69, 9.17) is 0 Å². The number of aryl methyl sites for hydroxylation is 2. The molecule has 3 rings (SSSR count). The van der Waals surface area contributed by atoms with E-state index in [-0.39, 0.29) is 37.1 Å². The van der Waals surface area contributed by atoms with E-state index < -0.39 is 0 Å². The Morgan fingerprint density at radius 3 is 2.59 bits per heavy atom. The first kappa shape index (κ1) is 20.3. The molecule has 0 aliphatic carbocycles. The number of hydrogen-bond acceptors (Lipinski definition) is 3. The number of benzene rings is 2. The molecule has 29 heavy (non-hydrogen) atoms. The van der Waals surface area contributed by atoms with Gasteiger partial charge in [-0.2, -0.15) is 0 Å². The van der Waals surface area contributed by atoms with Crippen LogP contribution in [0.2, 0.25) is 0 Å². The van der Waals surface area contributed by atoms with Crippen LogP contribution in [0.5, 0.6) is 0 Å². The molecule has 3 aromatic rings. The van der Waals surface area contributed by atoms with E-state index in [0.717, 1.165) is 5.56 Å². The third kappa shape index (κ3) is 5.07. The van der Waals surface area contributed by atoms with Crippen LogP contribution >= 0.6 is 0 Å². The van der Waals surface area contributed by atoms with E-state index in [9.17, 15) is 14.0 Å². The van der Waals surface area contributed by atoms with Gasteiger partial charge in [-0.15, -0.1) is 0 Å². The summed E-state index contributed by atoms with van der Waals surface area (Å²) in [6, 6.07) is 12.1. The van der Waals surface area contributed by atoms with Gasteiger partial charge in [-0.3, -0.25) is 9.59 Å². The van der Waals surface area contributed by atoms with Gasteiger partial charge in [-0.05, 0) is 43.2 Å². The molecule has 0 saturated carbocycles. The van der Waals surface area contributed by atoms with Gasteiger partial charge < -0.3 is 15.2 Å². The zero-order valence-electron chi connectivity index (χ0n) is 16.4. The van der Waals surface area contributed by atoms with Gasteiger partial charge in [-0.1, -0.05) is 24.3 Å². The normalized spacial score (nSPS) is 10.6. The molecule has 1 heterocycles. The van der Waals surface area contributed by atoms with Gasteiger partial charge in [0, 0.05) is 37.5 Å². The molecule has 1 aromatic heterocycles. The lowest BCUT2D eigenvalue weighted by atomic mass is 10.1. The number of halogens is 1. The number of amides is 2. The minimum atomic E-state index is -0.386. The fraction of sp³-hybridized carbons (Fsp3) is 0.227. The zero-order chi connectivity index (χ0) is 20.8. The molecule has 150 valence electrons. The smallest absolute Gasteiger partial charge is 0.251 e. The minimum absolute atomic E-state index is 0.145. The van der Waals surface area contributed by atoms with E-state index in [1.807, 2.05) is 19.1 Å². The third-order valence-electron chi connectivity index (χ3n) is 4.61. The molecule has 2 N–H and O–H groups in total. The zero-order valence-corrected chi connectivity index (χ0v) is 16.4. The molecule has 0 saturated heterocycles. The van der Waals surface area contributed by atoms with Gasteiger partial charge >= 0.3 is 0 Å². The van der Waals surface area contributed by atoms with Crippen LogP contribution in [0.3, 0.4) is 0 Å². The third-order valence-corrected chi connectivity index (χ3v) is 4.61. The number of aromatic nitrogens is 2. The van der Waals surface area contributed by atoms with E-state index in [2.05, 4.69) is 15.6 Å². The van der Waals surface area contributed by atoms with Gasteiger partial charge in [0.1, 0.15) is 11.6 Å². The highest BCUT2D eigenvalue weighted by Crippen LogP contribution is 2.16. The first-order valence-electron chi connectivity index (χ1n) is 9.35. The molecule has 0 aliphatic heterocycles. The van der Waals surface area contributed by atoms with Gasteiger partial charge in [-0.25, -0.2) is 9.37 Å². The summed E-state index contributed by atoms with van der Waals surface area (Å²) in [7, 11) is 0. The van der Waals surface area contributed by atoms with Crippen molar-refractivity contribution < 1.29 is 14.0 Å². The predicted molar refractivity (Wildman–Crippen MR) is 108 cm³/mol. The van der Waals surface area contributed by atoms with Crippen LogP contribution in [0, 0.1) is 19.7 Å². The first-order valence-corrected chi connectivity index (χ1v) is 9.35. The molecule has 2 amide bonds. The monoisotopic (exact) mass is 394 g/mol. The van der Waals surface area contributed by atoms with Crippen molar-refractivity contribution in [3.63, 3.8) is 0 Å². The number of rotatable bonds is 7. The summed E-state index contributed by atoms with van der Waals surface area (Å²) in [5, 5.41) is 5.48. The molecule has 0 fully saturated rings. The molecule has 0 radical (unpaired) electrons. The Hall–Kier alpha value is -3.48. The predicted octanol–water partition coefficient (Wildman–Crippen LogP) is 3.06. The Kier molecular flexibility index (Phi) is 6.39. The second-order valence-corrected chi connectivity index (χ2v) is 6.73. The molecule has 2 aromatic carbocycles. The Morgan fingerprint density at radius 1 is 1.10 bits per heavy atom. The Bertz CT molecular complexity index is 1030. The van der Waals surface area contributed by atoms with Crippen molar-refractivity contribution >= 4 is 11.8 Å². The van der Waals surface area contributed by atoms with Gasteiger partial charge in [0.2, 0.25) is 5.91 Å². The van der Waals surface area contributed by atoms with Crippen LogP contribution in [0.4, 0.5) is 4.39 Å². The lowest BCUT2D eigenvalue weighted by molar-refractivity contribution is -0.121. The number of carbonyl (C=O) groups is 2. The maximum Gasteiger partial charge on any atom is 0.251 e. The highest BCUT2D eigenvalue weighted by atomic mass is 19.1. The summed E-state index contributed by atoms with van der Waals surface area (Å²) >= 11 is 0. The van der Waals surface area contributed by atoms with E-state index in [1.54, 1.807) is 48.1 Å². The maximum absolute atomic E-state index is 14.4. The average Bonchev–Trinajstić information content (AvgIpc) is 3.12. The molecule has 7 heteroatoms. The van der Waals surface area contributed by atoms with Crippen LogP contribution in [-0.4, -0.2) is 27.9 Å². The van der Waals surface area contributed by atoms with E-state index >= 15 is 0 Å². The molecule has 6 nitrogen and oxygen atoms in total. The van der Waals surface area contributed by atoms with Crippen LogP contribution in [0.1, 0.15) is 33.7 Å².